The molecule has 0 fully saturated rings. The predicted molar refractivity (Wildman–Crippen MR) is 82.6 cm³/mol. The zero-order valence-corrected chi connectivity index (χ0v) is 12.8. The van der Waals surface area contributed by atoms with Gasteiger partial charge in [0.2, 0.25) is 0 Å². The number of nitriles is 1. The highest BCUT2D eigenvalue weighted by atomic mass is 79.9. The summed E-state index contributed by atoms with van der Waals surface area (Å²) in [6, 6.07) is 14.4. The van der Waals surface area contributed by atoms with Gasteiger partial charge < -0.3 is 5.32 Å². The lowest BCUT2D eigenvalue weighted by Crippen LogP contribution is -2.08. The van der Waals surface area contributed by atoms with Crippen LogP contribution in [0.2, 0.25) is 10.0 Å². The van der Waals surface area contributed by atoms with Crippen molar-refractivity contribution in [3.05, 3.63) is 62.5 Å². The van der Waals surface area contributed by atoms with Crippen LogP contribution in [-0.4, -0.2) is 0 Å². The maximum atomic E-state index is 9.28. The molecule has 2 rings (SSSR count). The summed E-state index contributed by atoms with van der Waals surface area (Å²) in [6.07, 6.45) is 0. The fourth-order valence-corrected chi connectivity index (χ4v) is 2.62. The summed E-state index contributed by atoms with van der Waals surface area (Å²) < 4.78 is 0.943. The van der Waals surface area contributed by atoms with Crippen molar-refractivity contribution in [1.29, 1.82) is 5.26 Å². The average molecular weight is 356 g/mol. The van der Waals surface area contributed by atoms with E-state index >= 15 is 0 Å². The summed E-state index contributed by atoms with van der Waals surface area (Å²) in [5.41, 5.74) is 1.58. The lowest BCUT2D eigenvalue weighted by molar-refractivity contribution is 0.998. The first kappa shape index (κ1) is 14.2. The molecule has 0 aromatic heterocycles. The standard InChI is InChI=1S/C14H9BrCl2N2/c15-10-2-1-3-13(6-10)19-14(8-18)9-4-11(16)7-12(17)5-9/h1-7,14,19H. The van der Waals surface area contributed by atoms with Crippen LogP contribution < -0.4 is 5.32 Å². The molecule has 0 radical (unpaired) electrons. The van der Waals surface area contributed by atoms with Gasteiger partial charge in [-0.15, -0.1) is 0 Å². The van der Waals surface area contributed by atoms with Crippen molar-refractivity contribution in [3.8, 4) is 6.07 Å². The number of anilines is 1. The van der Waals surface area contributed by atoms with E-state index in [-0.39, 0.29) is 0 Å². The summed E-state index contributed by atoms with van der Waals surface area (Å²) in [6.45, 7) is 0. The van der Waals surface area contributed by atoms with E-state index in [2.05, 4.69) is 27.3 Å². The number of benzene rings is 2. The fraction of sp³-hybridized carbons (Fsp3) is 0.0714. The molecular weight excluding hydrogens is 347 g/mol. The molecule has 19 heavy (non-hydrogen) atoms. The van der Waals surface area contributed by atoms with Gasteiger partial charge in [-0.2, -0.15) is 5.26 Å². The van der Waals surface area contributed by atoms with Crippen molar-refractivity contribution in [2.24, 2.45) is 0 Å². The molecule has 0 heterocycles. The summed E-state index contributed by atoms with van der Waals surface area (Å²) in [4.78, 5) is 0. The summed E-state index contributed by atoms with van der Waals surface area (Å²) in [5, 5.41) is 13.4. The van der Waals surface area contributed by atoms with Crippen LogP contribution in [0.5, 0.6) is 0 Å². The van der Waals surface area contributed by atoms with Gasteiger partial charge >= 0.3 is 0 Å². The van der Waals surface area contributed by atoms with Gasteiger partial charge in [-0.1, -0.05) is 45.2 Å². The van der Waals surface area contributed by atoms with Gasteiger partial charge in [0.1, 0.15) is 6.04 Å². The molecule has 0 aliphatic carbocycles. The number of nitrogens with one attached hydrogen (secondary N) is 1. The Hall–Kier alpha value is -1.21. The third kappa shape index (κ3) is 3.87. The Morgan fingerprint density at radius 3 is 2.37 bits per heavy atom. The second-order valence-electron chi connectivity index (χ2n) is 3.92. The van der Waals surface area contributed by atoms with Crippen LogP contribution in [0.4, 0.5) is 5.69 Å². The van der Waals surface area contributed by atoms with Crippen LogP contribution in [0.15, 0.2) is 46.9 Å². The van der Waals surface area contributed by atoms with Crippen molar-refractivity contribution in [1.82, 2.24) is 0 Å². The van der Waals surface area contributed by atoms with E-state index < -0.39 is 6.04 Å². The van der Waals surface area contributed by atoms with Gasteiger partial charge in [-0.05, 0) is 42.0 Å². The maximum Gasteiger partial charge on any atom is 0.140 e. The fourth-order valence-electron chi connectivity index (χ4n) is 1.68. The Morgan fingerprint density at radius 2 is 1.79 bits per heavy atom. The third-order valence-electron chi connectivity index (χ3n) is 2.48. The predicted octanol–water partition coefficient (Wildman–Crippen LogP) is 5.43. The first-order valence-corrected chi connectivity index (χ1v) is 7.01. The van der Waals surface area contributed by atoms with Gasteiger partial charge in [-0.25, -0.2) is 0 Å². The molecule has 0 aliphatic rings. The highest BCUT2D eigenvalue weighted by Gasteiger charge is 2.12. The zero-order valence-electron chi connectivity index (χ0n) is 9.70. The molecule has 1 N–H and O–H groups in total. The lowest BCUT2D eigenvalue weighted by Gasteiger charge is -2.14. The summed E-state index contributed by atoms with van der Waals surface area (Å²) >= 11 is 15.3. The van der Waals surface area contributed by atoms with Gasteiger partial charge in [0.05, 0.1) is 6.07 Å². The first-order valence-electron chi connectivity index (χ1n) is 5.46. The largest absolute Gasteiger partial charge is 0.366 e. The number of halogens is 3. The Balaban J connectivity index is 2.28. The van der Waals surface area contributed by atoms with Crippen LogP contribution in [0.25, 0.3) is 0 Å². The van der Waals surface area contributed by atoms with Crippen LogP contribution in [0, 0.1) is 11.3 Å². The lowest BCUT2D eigenvalue weighted by atomic mass is 10.1. The first-order chi connectivity index (χ1) is 9.08. The molecule has 0 saturated carbocycles. The highest BCUT2D eigenvalue weighted by Crippen LogP contribution is 2.26. The molecule has 2 aromatic carbocycles. The molecular formula is C14H9BrCl2N2. The van der Waals surface area contributed by atoms with Crippen molar-refractivity contribution in [2.75, 3.05) is 5.32 Å². The van der Waals surface area contributed by atoms with E-state index in [1.54, 1.807) is 18.2 Å². The smallest absolute Gasteiger partial charge is 0.140 e. The molecule has 0 saturated heterocycles. The van der Waals surface area contributed by atoms with E-state index in [0.29, 0.717) is 10.0 Å². The summed E-state index contributed by atoms with van der Waals surface area (Å²) in [7, 11) is 0. The Kier molecular flexibility index (Phi) is 4.71. The zero-order chi connectivity index (χ0) is 13.8. The molecule has 1 atom stereocenters. The maximum absolute atomic E-state index is 9.28. The molecule has 1 unspecified atom stereocenters. The van der Waals surface area contributed by atoms with Crippen molar-refractivity contribution in [2.45, 2.75) is 6.04 Å². The van der Waals surface area contributed by atoms with Gasteiger partial charge in [0.25, 0.3) is 0 Å². The average Bonchev–Trinajstić information content (AvgIpc) is 2.34. The second-order valence-corrected chi connectivity index (χ2v) is 5.71. The van der Waals surface area contributed by atoms with Gasteiger partial charge in [-0.3, -0.25) is 0 Å². The van der Waals surface area contributed by atoms with E-state index in [4.69, 9.17) is 23.2 Å². The van der Waals surface area contributed by atoms with Crippen LogP contribution in [-0.2, 0) is 0 Å². The third-order valence-corrected chi connectivity index (χ3v) is 3.41. The van der Waals surface area contributed by atoms with Crippen LogP contribution in [0.3, 0.4) is 0 Å². The number of hydrogen-bond donors (Lipinski definition) is 1. The Labute approximate surface area is 130 Å². The van der Waals surface area contributed by atoms with Gasteiger partial charge in [0.15, 0.2) is 0 Å². The normalized spacial score (nSPS) is 11.7. The van der Waals surface area contributed by atoms with Crippen LogP contribution in [0.1, 0.15) is 11.6 Å². The van der Waals surface area contributed by atoms with Crippen molar-refractivity contribution < 1.29 is 0 Å². The highest BCUT2D eigenvalue weighted by molar-refractivity contribution is 9.10. The van der Waals surface area contributed by atoms with Gasteiger partial charge in [0, 0.05) is 20.2 Å². The molecule has 2 nitrogen and oxygen atoms in total. The van der Waals surface area contributed by atoms with E-state index in [0.717, 1.165) is 15.7 Å². The molecule has 2 aromatic rings. The molecule has 0 amide bonds. The van der Waals surface area contributed by atoms with E-state index in [1.165, 1.54) is 0 Å². The molecule has 0 aliphatic heterocycles. The SMILES string of the molecule is N#CC(Nc1cccc(Br)c1)c1cc(Cl)cc(Cl)c1. The topological polar surface area (TPSA) is 35.8 Å². The molecule has 5 heteroatoms. The molecule has 0 spiro atoms. The number of rotatable bonds is 3. The minimum Gasteiger partial charge on any atom is -0.366 e. The van der Waals surface area contributed by atoms with Crippen molar-refractivity contribution >= 4 is 44.8 Å². The monoisotopic (exact) mass is 354 g/mol. The van der Waals surface area contributed by atoms with Crippen LogP contribution >= 0.6 is 39.1 Å². The minimum absolute atomic E-state index is 0.509. The molecule has 96 valence electrons. The molecule has 0 bridgehead atoms. The van der Waals surface area contributed by atoms with E-state index in [1.807, 2.05) is 24.3 Å². The minimum atomic E-state index is -0.509. The van der Waals surface area contributed by atoms with Crippen molar-refractivity contribution in [3.63, 3.8) is 0 Å². The number of nitrogens with zero attached hydrogens (tertiary/aromatic N) is 1. The second kappa shape index (κ2) is 6.29. The quantitative estimate of drug-likeness (QED) is 0.796. The summed E-state index contributed by atoms with van der Waals surface area (Å²) in [5.74, 6) is 0. The number of hydrogen-bond acceptors (Lipinski definition) is 2. The Morgan fingerprint density at radius 1 is 1.11 bits per heavy atom. The van der Waals surface area contributed by atoms with E-state index in [9.17, 15) is 5.26 Å². The Bertz CT molecular complexity index is 617.